The van der Waals surface area contributed by atoms with E-state index >= 15 is 0 Å². The van der Waals surface area contributed by atoms with Crippen molar-refractivity contribution in [1.82, 2.24) is 4.90 Å². The van der Waals surface area contributed by atoms with Crippen LogP contribution >= 0.6 is 22.6 Å². The number of alkyl halides is 1. The molecule has 94 valence electrons. The summed E-state index contributed by atoms with van der Waals surface area (Å²) in [6, 6.07) is 6.01. The van der Waals surface area contributed by atoms with Gasteiger partial charge in [0.05, 0.1) is 14.2 Å². The van der Waals surface area contributed by atoms with Crippen LogP contribution in [0.4, 0.5) is 0 Å². The molecule has 0 spiro atoms. The fourth-order valence-electron chi connectivity index (χ4n) is 2.22. The van der Waals surface area contributed by atoms with E-state index in [9.17, 15) is 0 Å². The van der Waals surface area contributed by atoms with Crippen molar-refractivity contribution in [3.8, 4) is 11.5 Å². The average molecular weight is 347 g/mol. The van der Waals surface area contributed by atoms with Gasteiger partial charge in [-0.2, -0.15) is 0 Å². The summed E-state index contributed by atoms with van der Waals surface area (Å²) in [7, 11) is 3.38. The third-order valence-electron chi connectivity index (χ3n) is 2.99. The van der Waals surface area contributed by atoms with Crippen molar-refractivity contribution in [1.29, 1.82) is 0 Å². The number of rotatable bonds is 4. The minimum absolute atomic E-state index is 0.442. The molecule has 0 aliphatic carbocycles. The summed E-state index contributed by atoms with van der Waals surface area (Å²) in [6.45, 7) is 5.52. The first-order valence-electron chi connectivity index (χ1n) is 5.66. The molecule has 1 aromatic carbocycles. The van der Waals surface area contributed by atoms with Crippen molar-refractivity contribution in [2.45, 2.75) is 16.9 Å². The third kappa shape index (κ3) is 3.04. The van der Waals surface area contributed by atoms with Gasteiger partial charge in [-0.1, -0.05) is 28.7 Å². The van der Waals surface area contributed by atoms with Crippen molar-refractivity contribution < 1.29 is 9.47 Å². The van der Waals surface area contributed by atoms with Crippen LogP contribution in [-0.2, 0) is 6.54 Å². The van der Waals surface area contributed by atoms with Crippen LogP contribution in [0.5, 0.6) is 11.5 Å². The first-order chi connectivity index (χ1) is 8.04. The monoisotopic (exact) mass is 347 g/mol. The molecule has 1 heterocycles. The van der Waals surface area contributed by atoms with E-state index in [-0.39, 0.29) is 0 Å². The molecule has 0 unspecified atom stereocenters. The molecule has 3 nitrogen and oxygen atoms in total. The molecule has 0 bridgehead atoms. The number of halogens is 1. The molecule has 2 rings (SSSR count). The number of likely N-dealkylation sites (tertiary alicyclic amines) is 1. The van der Waals surface area contributed by atoms with E-state index in [1.165, 1.54) is 5.56 Å². The second kappa shape index (κ2) is 5.02. The van der Waals surface area contributed by atoms with E-state index in [4.69, 9.17) is 9.47 Å². The molecular weight excluding hydrogens is 329 g/mol. The number of methoxy groups -OCH3 is 2. The van der Waals surface area contributed by atoms with Crippen LogP contribution < -0.4 is 9.47 Å². The normalized spacial score (nSPS) is 18.6. The smallest absolute Gasteiger partial charge is 0.127 e. The lowest BCUT2D eigenvalue weighted by Crippen LogP contribution is -2.55. The second-order valence-electron chi connectivity index (χ2n) is 4.74. The molecule has 17 heavy (non-hydrogen) atoms. The summed E-state index contributed by atoms with van der Waals surface area (Å²) in [4.78, 5) is 2.43. The van der Waals surface area contributed by atoms with E-state index < -0.39 is 0 Å². The second-order valence-corrected chi connectivity index (χ2v) is 7.34. The van der Waals surface area contributed by atoms with Gasteiger partial charge in [0.25, 0.3) is 0 Å². The van der Waals surface area contributed by atoms with E-state index in [2.05, 4.69) is 40.5 Å². The third-order valence-corrected chi connectivity index (χ3v) is 3.68. The zero-order valence-corrected chi connectivity index (χ0v) is 12.7. The maximum Gasteiger partial charge on any atom is 0.127 e. The minimum Gasteiger partial charge on any atom is -0.497 e. The van der Waals surface area contributed by atoms with E-state index in [0.29, 0.717) is 3.42 Å². The predicted molar refractivity (Wildman–Crippen MR) is 77.2 cm³/mol. The van der Waals surface area contributed by atoms with Crippen molar-refractivity contribution in [2.75, 3.05) is 27.3 Å². The molecule has 1 aromatic rings. The number of nitrogens with zero attached hydrogens (tertiary/aromatic N) is 1. The molecule has 1 saturated heterocycles. The molecule has 1 fully saturated rings. The SMILES string of the molecule is COc1ccc(CN2CC(C)(I)C2)c(OC)c1. The van der Waals surface area contributed by atoms with Crippen LogP contribution in [0, 0.1) is 0 Å². The van der Waals surface area contributed by atoms with Gasteiger partial charge in [-0.25, -0.2) is 0 Å². The first-order valence-corrected chi connectivity index (χ1v) is 6.74. The Hall–Kier alpha value is -0.490. The van der Waals surface area contributed by atoms with Crippen LogP contribution in [0.25, 0.3) is 0 Å². The van der Waals surface area contributed by atoms with Crippen molar-refractivity contribution in [3.05, 3.63) is 23.8 Å². The molecule has 0 N–H and O–H groups in total. The van der Waals surface area contributed by atoms with Crippen LogP contribution in [0.15, 0.2) is 18.2 Å². The number of benzene rings is 1. The summed E-state index contributed by atoms with van der Waals surface area (Å²) >= 11 is 2.52. The fraction of sp³-hybridized carbons (Fsp3) is 0.538. The highest BCUT2D eigenvalue weighted by atomic mass is 127. The van der Waals surface area contributed by atoms with Crippen molar-refractivity contribution in [3.63, 3.8) is 0 Å². The van der Waals surface area contributed by atoms with Crippen LogP contribution in [0.2, 0.25) is 0 Å². The van der Waals surface area contributed by atoms with Crippen LogP contribution in [0.3, 0.4) is 0 Å². The zero-order valence-electron chi connectivity index (χ0n) is 10.5. The fourth-order valence-corrected chi connectivity index (χ4v) is 3.19. The van der Waals surface area contributed by atoms with E-state index in [1.807, 2.05) is 12.1 Å². The maximum absolute atomic E-state index is 5.40. The highest BCUT2D eigenvalue weighted by Gasteiger charge is 2.35. The van der Waals surface area contributed by atoms with Crippen LogP contribution in [0.1, 0.15) is 12.5 Å². The van der Waals surface area contributed by atoms with Gasteiger partial charge in [0, 0.05) is 34.7 Å². The lowest BCUT2D eigenvalue weighted by molar-refractivity contribution is 0.138. The largest absolute Gasteiger partial charge is 0.497 e. The predicted octanol–water partition coefficient (Wildman–Crippen LogP) is 2.71. The number of hydrogen-bond acceptors (Lipinski definition) is 3. The Morgan fingerprint density at radius 2 is 2.00 bits per heavy atom. The Morgan fingerprint density at radius 3 is 2.53 bits per heavy atom. The molecule has 0 amide bonds. The minimum atomic E-state index is 0.442. The Labute approximate surface area is 116 Å². The number of ether oxygens (including phenoxy) is 2. The Morgan fingerprint density at radius 1 is 1.29 bits per heavy atom. The molecule has 0 radical (unpaired) electrons. The highest BCUT2D eigenvalue weighted by molar-refractivity contribution is 14.1. The Balaban J connectivity index is 2.06. The van der Waals surface area contributed by atoms with Gasteiger partial charge in [-0.05, 0) is 13.0 Å². The quantitative estimate of drug-likeness (QED) is 0.618. The average Bonchev–Trinajstić information content (AvgIpc) is 2.27. The lowest BCUT2D eigenvalue weighted by Gasteiger charge is -2.44. The maximum atomic E-state index is 5.40. The highest BCUT2D eigenvalue weighted by Crippen LogP contribution is 2.33. The summed E-state index contributed by atoms with van der Waals surface area (Å²) < 4.78 is 11.0. The summed E-state index contributed by atoms with van der Waals surface area (Å²) in [5.74, 6) is 1.75. The van der Waals surface area contributed by atoms with Gasteiger partial charge in [0.2, 0.25) is 0 Å². The topological polar surface area (TPSA) is 21.7 Å². The molecule has 0 aromatic heterocycles. The van der Waals surface area contributed by atoms with Gasteiger partial charge < -0.3 is 9.47 Å². The Kier molecular flexibility index (Phi) is 3.82. The van der Waals surface area contributed by atoms with Gasteiger partial charge in [0.15, 0.2) is 0 Å². The summed E-state index contributed by atoms with van der Waals surface area (Å²) in [6.07, 6.45) is 0. The van der Waals surface area contributed by atoms with Crippen molar-refractivity contribution >= 4 is 22.6 Å². The molecule has 1 aliphatic rings. The molecular formula is C13H18INO2. The zero-order chi connectivity index (χ0) is 12.5. The Bertz CT molecular complexity index is 398. The number of hydrogen-bond donors (Lipinski definition) is 0. The van der Waals surface area contributed by atoms with Crippen molar-refractivity contribution in [2.24, 2.45) is 0 Å². The van der Waals surface area contributed by atoms with E-state index in [1.54, 1.807) is 14.2 Å². The molecule has 0 atom stereocenters. The van der Waals surface area contributed by atoms with Gasteiger partial charge in [-0.15, -0.1) is 0 Å². The molecule has 4 heteroatoms. The van der Waals surface area contributed by atoms with Crippen LogP contribution in [-0.4, -0.2) is 35.6 Å². The summed E-state index contributed by atoms with van der Waals surface area (Å²) in [5.41, 5.74) is 1.22. The van der Waals surface area contributed by atoms with E-state index in [0.717, 1.165) is 31.1 Å². The summed E-state index contributed by atoms with van der Waals surface area (Å²) in [5, 5.41) is 0. The lowest BCUT2D eigenvalue weighted by atomic mass is 10.0. The van der Waals surface area contributed by atoms with Gasteiger partial charge in [0.1, 0.15) is 11.5 Å². The molecule has 1 aliphatic heterocycles. The molecule has 0 saturated carbocycles. The standard InChI is InChI=1S/C13H18INO2/c1-13(14)8-15(9-13)7-10-4-5-11(16-2)6-12(10)17-3/h4-6H,7-9H2,1-3H3. The first kappa shape index (κ1) is 13.0. The van der Waals surface area contributed by atoms with Gasteiger partial charge in [-0.3, -0.25) is 4.90 Å². The van der Waals surface area contributed by atoms with Gasteiger partial charge >= 0.3 is 0 Å².